The second-order valence-corrected chi connectivity index (χ2v) is 13.2. The Kier molecular flexibility index (Phi) is 8.13. The summed E-state index contributed by atoms with van der Waals surface area (Å²) < 4.78 is 0. The Morgan fingerprint density at radius 3 is 1.04 bits per heavy atom. The number of nitro benzene ring substituents is 2. The van der Waals surface area contributed by atoms with Gasteiger partial charge in [-0.2, -0.15) is 0 Å². The van der Waals surface area contributed by atoms with E-state index in [1.807, 2.05) is 0 Å². The zero-order chi connectivity index (χ0) is 38.0. The highest BCUT2D eigenvalue weighted by Gasteiger charge is 2.38. The minimum atomic E-state index is -0.564. The number of rotatable bonds is 7. The molecule has 14 heteroatoms. The number of hydrogen-bond donors (Lipinski definition) is 0. The van der Waals surface area contributed by atoms with Crippen LogP contribution >= 0.6 is 23.2 Å². The summed E-state index contributed by atoms with van der Waals surface area (Å²) in [6, 6.07) is 30.5. The third-order valence-corrected chi connectivity index (χ3v) is 9.93. The van der Waals surface area contributed by atoms with Crippen molar-refractivity contribution in [3.05, 3.63) is 174 Å². The molecule has 0 N–H and O–H groups in total. The molecule has 262 valence electrons. The molecule has 8 rings (SSSR count). The minimum absolute atomic E-state index is 0.0733. The van der Waals surface area contributed by atoms with E-state index in [-0.39, 0.29) is 55.0 Å². The maximum absolute atomic E-state index is 13.5. The van der Waals surface area contributed by atoms with Crippen LogP contribution < -0.4 is 9.80 Å². The van der Waals surface area contributed by atoms with Gasteiger partial charge >= 0.3 is 0 Å². The molecule has 0 unspecified atom stereocenters. The average Bonchev–Trinajstić information content (AvgIpc) is 3.57. The molecule has 6 aromatic carbocycles. The van der Waals surface area contributed by atoms with Crippen molar-refractivity contribution in [3.63, 3.8) is 0 Å². The van der Waals surface area contributed by atoms with Gasteiger partial charge in [0.05, 0.1) is 53.5 Å². The number of carbonyl (C=O) groups excluding carboxylic acids is 4. The van der Waals surface area contributed by atoms with Crippen molar-refractivity contribution < 1.29 is 29.0 Å². The van der Waals surface area contributed by atoms with Crippen molar-refractivity contribution in [1.82, 2.24) is 0 Å². The summed E-state index contributed by atoms with van der Waals surface area (Å²) in [7, 11) is 0. The van der Waals surface area contributed by atoms with E-state index in [9.17, 15) is 39.4 Å². The Morgan fingerprint density at radius 1 is 0.389 bits per heavy atom. The number of carbonyl (C=O) groups is 4. The van der Waals surface area contributed by atoms with Crippen LogP contribution in [-0.2, 0) is 0 Å². The molecule has 6 aromatic rings. The van der Waals surface area contributed by atoms with Crippen LogP contribution in [0.15, 0.2) is 121 Å². The van der Waals surface area contributed by atoms with Gasteiger partial charge in [-0.1, -0.05) is 47.5 Å². The highest BCUT2D eigenvalue weighted by molar-refractivity contribution is 6.39. The minimum Gasteiger partial charge on any atom is -0.268 e. The molecule has 0 saturated carbocycles. The first kappa shape index (κ1) is 34.1. The largest absolute Gasteiger partial charge is 0.269 e. The number of nitro groups is 2. The molecule has 0 radical (unpaired) electrons. The summed E-state index contributed by atoms with van der Waals surface area (Å²) >= 11 is 13.4. The Labute approximate surface area is 314 Å². The Bertz CT molecular complexity index is 2490. The molecule has 2 aliphatic rings. The second-order valence-electron chi connectivity index (χ2n) is 12.3. The van der Waals surface area contributed by atoms with Gasteiger partial charge in [0.25, 0.3) is 35.0 Å². The third-order valence-electron chi connectivity index (χ3n) is 9.31. The van der Waals surface area contributed by atoms with Crippen LogP contribution in [0.2, 0.25) is 10.0 Å². The van der Waals surface area contributed by atoms with E-state index < -0.39 is 33.5 Å². The van der Waals surface area contributed by atoms with Crippen LogP contribution in [-0.4, -0.2) is 33.5 Å². The topological polar surface area (TPSA) is 161 Å². The molecule has 0 aliphatic carbocycles. The van der Waals surface area contributed by atoms with Gasteiger partial charge in [-0.15, -0.1) is 0 Å². The summed E-state index contributed by atoms with van der Waals surface area (Å²) in [4.78, 5) is 77.0. The van der Waals surface area contributed by atoms with Crippen LogP contribution in [0.4, 0.5) is 22.7 Å². The quantitative estimate of drug-likeness (QED) is 0.0885. The number of benzene rings is 6. The van der Waals surface area contributed by atoms with E-state index in [0.717, 1.165) is 9.80 Å². The fourth-order valence-corrected chi connectivity index (χ4v) is 7.14. The summed E-state index contributed by atoms with van der Waals surface area (Å²) in [5, 5.41) is 22.4. The fourth-order valence-electron chi connectivity index (χ4n) is 6.58. The molecular formula is C40H20Cl2N4O8. The number of halogens is 2. The first-order valence-electron chi connectivity index (χ1n) is 16.1. The van der Waals surface area contributed by atoms with Crippen LogP contribution in [0, 0.1) is 20.2 Å². The summed E-state index contributed by atoms with van der Waals surface area (Å²) in [6.45, 7) is 0. The number of hydrogen-bond acceptors (Lipinski definition) is 8. The maximum Gasteiger partial charge on any atom is 0.269 e. The van der Waals surface area contributed by atoms with Crippen LogP contribution in [0.1, 0.15) is 41.4 Å². The second kappa shape index (κ2) is 12.9. The number of amides is 4. The predicted molar refractivity (Wildman–Crippen MR) is 201 cm³/mol. The van der Waals surface area contributed by atoms with E-state index in [0.29, 0.717) is 33.4 Å². The summed E-state index contributed by atoms with van der Waals surface area (Å²) in [5.74, 6) is -2.22. The van der Waals surface area contributed by atoms with E-state index >= 15 is 0 Å². The van der Waals surface area contributed by atoms with Crippen molar-refractivity contribution in [2.45, 2.75) is 0 Å². The standard InChI is InChI=1S/C40H20Cl2N4O8/c41-35-19-27(43-37(47)31-13-5-23(17-33(31)39(43)49)21-1-7-25(8-2-21)45(51)52)11-15-29(35)30-16-12-28(20-36(30)42)44-38(48)32-14-6-24(18-34(32)40(44)50)22-3-9-26(10-4-22)46(53)54/h1-20H. The zero-order valence-electron chi connectivity index (χ0n) is 27.4. The lowest BCUT2D eigenvalue weighted by molar-refractivity contribution is -0.385. The smallest absolute Gasteiger partial charge is 0.268 e. The van der Waals surface area contributed by atoms with Crippen LogP contribution in [0.5, 0.6) is 0 Å². The van der Waals surface area contributed by atoms with Gasteiger partial charge in [-0.3, -0.25) is 39.4 Å². The zero-order valence-corrected chi connectivity index (χ0v) is 28.9. The van der Waals surface area contributed by atoms with Crippen molar-refractivity contribution >= 4 is 69.6 Å². The number of nitrogens with zero attached hydrogens (tertiary/aromatic N) is 4. The van der Waals surface area contributed by atoms with Crippen molar-refractivity contribution in [3.8, 4) is 33.4 Å². The molecule has 2 aliphatic heterocycles. The first-order chi connectivity index (χ1) is 25.9. The Morgan fingerprint density at radius 2 is 0.704 bits per heavy atom. The van der Waals surface area contributed by atoms with E-state index in [2.05, 4.69) is 0 Å². The lowest BCUT2D eigenvalue weighted by Crippen LogP contribution is -2.29. The molecule has 0 fully saturated rings. The van der Waals surface area contributed by atoms with Crippen molar-refractivity contribution in [2.24, 2.45) is 0 Å². The van der Waals surface area contributed by atoms with Crippen molar-refractivity contribution in [2.75, 3.05) is 9.80 Å². The molecule has 0 atom stereocenters. The third kappa shape index (κ3) is 5.57. The summed E-state index contributed by atoms with van der Waals surface area (Å²) in [5.41, 5.74) is 4.43. The number of fused-ring (bicyclic) bond motifs is 2. The fraction of sp³-hybridized carbons (Fsp3) is 0. The van der Waals surface area contributed by atoms with Gasteiger partial charge < -0.3 is 0 Å². The maximum atomic E-state index is 13.5. The molecule has 0 bridgehead atoms. The molecular weight excluding hydrogens is 735 g/mol. The SMILES string of the molecule is O=C1c2ccc(-c3ccc([N+](=O)[O-])cc3)cc2C(=O)N1c1ccc(-c2ccc(N3C(=O)c4ccc(-c5ccc([N+](=O)[O-])cc5)cc4C3=O)cc2Cl)c(Cl)c1. The monoisotopic (exact) mass is 754 g/mol. The molecule has 2 heterocycles. The number of imide groups is 2. The summed E-state index contributed by atoms with van der Waals surface area (Å²) in [6.07, 6.45) is 0. The van der Waals surface area contributed by atoms with E-state index in [1.165, 1.54) is 48.5 Å². The highest BCUT2D eigenvalue weighted by atomic mass is 35.5. The van der Waals surface area contributed by atoms with Crippen molar-refractivity contribution in [1.29, 1.82) is 0 Å². The molecule has 54 heavy (non-hydrogen) atoms. The Balaban J connectivity index is 1.03. The average molecular weight is 756 g/mol. The molecule has 4 amide bonds. The van der Waals surface area contributed by atoms with Crippen LogP contribution in [0.25, 0.3) is 33.4 Å². The lowest BCUT2D eigenvalue weighted by Gasteiger charge is -2.18. The predicted octanol–water partition coefficient (Wildman–Crippen LogP) is 9.41. The van der Waals surface area contributed by atoms with Gasteiger partial charge in [0, 0.05) is 35.4 Å². The molecule has 0 aromatic heterocycles. The first-order valence-corrected chi connectivity index (χ1v) is 16.8. The number of anilines is 2. The normalized spacial score (nSPS) is 13.4. The van der Waals surface area contributed by atoms with Crippen LogP contribution in [0.3, 0.4) is 0 Å². The molecule has 0 spiro atoms. The molecule has 12 nitrogen and oxygen atoms in total. The van der Waals surface area contributed by atoms with Gasteiger partial charge in [-0.25, -0.2) is 9.80 Å². The molecule has 0 saturated heterocycles. The number of non-ortho nitro benzene ring substituents is 2. The van der Waals surface area contributed by atoms with Gasteiger partial charge in [0.15, 0.2) is 0 Å². The van der Waals surface area contributed by atoms with E-state index in [4.69, 9.17) is 23.2 Å². The Hall–Kier alpha value is -7.02. The van der Waals surface area contributed by atoms with E-state index in [1.54, 1.807) is 72.8 Å². The lowest BCUT2D eigenvalue weighted by atomic mass is 10.00. The van der Waals surface area contributed by atoms with Gasteiger partial charge in [0.2, 0.25) is 0 Å². The van der Waals surface area contributed by atoms with Gasteiger partial charge in [-0.05, 0) is 95.1 Å². The van der Waals surface area contributed by atoms with Gasteiger partial charge in [0.1, 0.15) is 0 Å². The highest BCUT2D eigenvalue weighted by Crippen LogP contribution is 2.41.